The van der Waals surface area contributed by atoms with Crippen molar-refractivity contribution >= 4 is 34.7 Å². The molecule has 1 aromatic rings. The van der Waals surface area contributed by atoms with Gasteiger partial charge >= 0.3 is 6.09 Å². The van der Waals surface area contributed by atoms with Crippen molar-refractivity contribution in [3.8, 4) is 6.07 Å². The molecule has 1 amide bonds. The third-order valence-electron chi connectivity index (χ3n) is 2.53. The number of anilines is 2. The van der Waals surface area contributed by atoms with E-state index < -0.39 is 6.09 Å². The Labute approximate surface area is 121 Å². The van der Waals surface area contributed by atoms with Gasteiger partial charge in [-0.2, -0.15) is 5.26 Å². The monoisotopic (exact) mass is 288 g/mol. The molecule has 0 unspecified atom stereocenters. The molecule has 0 aliphatic carbocycles. The van der Waals surface area contributed by atoms with E-state index in [4.69, 9.17) is 17.0 Å². The van der Waals surface area contributed by atoms with E-state index in [2.05, 4.69) is 16.0 Å². The number of ether oxygens (including phenoxy) is 1. The Kier molecular flexibility index (Phi) is 4.17. The predicted octanol–water partition coefficient (Wildman–Crippen LogP) is 2.33. The maximum Gasteiger partial charge on any atom is 0.412 e. The van der Waals surface area contributed by atoms with E-state index >= 15 is 0 Å². The maximum absolute atomic E-state index is 11.3. The van der Waals surface area contributed by atoms with Gasteiger partial charge in [0.05, 0.1) is 18.0 Å². The van der Waals surface area contributed by atoms with E-state index in [1.807, 2.05) is 30.3 Å². The minimum absolute atomic E-state index is 0.00811. The lowest BCUT2D eigenvalue weighted by Crippen LogP contribution is -2.32. The quantitative estimate of drug-likeness (QED) is 0.440. The molecule has 0 aromatic heterocycles. The van der Waals surface area contributed by atoms with Crippen molar-refractivity contribution in [2.24, 2.45) is 0 Å². The van der Waals surface area contributed by atoms with Crippen molar-refractivity contribution in [2.45, 2.75) is 6.92 Å². The SMILES string of the molecule is CCOC(=O)NC(=S)C(C#N)=C1Nc2ccccc2N1. The Balaban J connectivity index is 2.18. The first-order chi connectivity index (χ1) is 9.65. The van der Waals surface area contributed by atoms with Crippen LogP contribution in [0.1, 0.15) is 6.92 Å². The molecule has 1 aromatic carbocycles. The molecule has 102 valence electrons. The molecule has 0 saturated carbocycles. The van der Waals surface area contributed by atoms with Crippen molar-refractivity contribution in [1.29, 1.82) is 5.26 Å². The number of carbonyl (C=O) groups is 1. The zero-order chi connectivity index (χ0) is 14.5. The summed E-state index contributed by atoms with van der Waals surface area (Å²) in [5, 5.41) is 17.6. The number of nitriles is 1. The number of nitrogens with one attached hydrogen (secondary N) is 3. The summed E-state index contributed by atoms with van der Waals surface area (Å²) >= 11 is 5.04. The highest BCUT2D eigenvalue weighted by Gasteiger charge is 2.20. The van der Waals surface area contributed by atoms with Gasteiger partial charge in [0.2, 0.25) is 0 Å². The summed E-state index contributed by atoms with van der Waals surface area (Å²) in [4.78, 5) is 11.3. The molecule has 0 fully saturated rings. The zero-order valence-corrected chi connectivity index (χ0v) is 11.5. The number of fused-ring (bicyclic) bond motifs is 1. The molecule has 0 spiro atoms. The van der Waals surface area contributed by atoms with E-state index in [9.17, 15) is 10.1 Å². The number of amides is 1. The van der Waals surface area contributed by atoms with Crippen LogP contribution in [0.2, 0.25) is 0 Å². The van der Waals surface area contributed by atoms with E-state index in [1.165, 1.54) is 0 Å². The number of benzene rings is 1. The number of rotatable bonds is 2. The van der Waals surface area contributed by atoms with E-state index in [0.717, 1.165) is 11.4 Å². The fourth-order valence-corrected chi connectivity index (χ4v) is 1.90. The van der Waals surface area contributed by atoms with Crippen LogP contribution < -0.4 is 16.0 Å². The third kappa shape index (κ3) is 2.87. The van der Waals surface area contributed by atoms with Crippen LogP contribution in [-0.4, -0.2) is 17.7 Å². The van der Waals surface area contributed by atoms with Gasteiger partial charge in [-0.15, -0.1) is 0 Å². The average molecular weight is 288 g/mol. The summed E-state index contributed by atoms with van der Waals surface area (Å²) in [5.41, 5.74) is 1.83. The van der Waals surface area contributed by atoms with Gasteiger partial charge in [0, 0.05) is 0 Å². The fourth-order valence-electron chi connectivity index (χ4n) is 1.67. The summed E-state index contributed by atoms with van der Waals surface area (Å²) in [6.45, 7) is 1.91. The molecular formula is C13H12N4O2S. The van der Waals surface area contributed by atoms with Gasteiger partial charge in [0.25, 0.3) is 0 Å². The Hall–Kier alpha value is -2.59. The summed E-state index contributed by atoms with van der Waals surface area (Å²) in [6, 6.07) is 9.45. The van der Waals surface area contributed by atoms with Crippen LogP contribution in [-0.2, 0) is 4.74 Å². The van der Waals surface area contributed by atoms with Crippen molar-refractivity contribution in [1.82, 2.24) is 5.32 Å². The van der Waals surface area contributed by atoms with E-state index in [0.29, 0.717) is 5.82 Å². The normalized spacial score (nSPS) is 11.5. The van der Waals surface area contributed by atoms with Crippen LogP contribution >= 0.6 is 12.2 Å². The molecule has 0 atom stereocenters. The first kappa shape index (κ1) is 13.8. The largest absolute Gasteiger partial charge is 0.450 e. The van der Waals surface area contributed by atoms with Crippen LogP contribution in [0.3, 0.4) is 0 Å². The molecule has 2 rings (SSSR count). The number of nitrogens with zero attached hydrogens (tertiary/aromatic N) is 1. The number of hydrogen-bond donors (Lipinski definition) is 3. The molecule has 1 aliphatic heterocycles. The van der Waals surface area contributed by atoms with Gasteiger partial charge in [0.1, 0.15) is 22.5 Å². The molecule has 20 heavy (non-hydrogen) atoms. The van der Waals surface area contributed by atoms with Crippen LogP contribution in [0.4, 0.5) is 16.2 Å². The molecule has 6 nitrogen and oxygen atoms in total. The standard InChI is InChI=1S/C13H12N4O2S/c1-2-19-13(18)17-12(20)8(7-14)11-15-9-5-3-4-6-10(9)16-11/h3-6,15-16H,2H2,1H3,(H,17,18,20). The summed E-state index contributed by atoms with van der Waals surface area (Å²) in [5.74, 6) is 0.440. The number of thiocarbonyl (C=S) groups is 1. The number of carbonyl (C=O) groups excluding carboxylic acids is 1. The lowest BCUT2D eigenvalue weighted by Gasteiger charge is -2.08. The molecule has 1 aliphatic rings. The van der Waals surface area contributed by atoms with Gasteiger partial charge in [-0.1, -0.05) is 24.4 Å². The van der Waals surface area contributed by atoms with Gasteiger partial charge in [-0.05, 0) is 19.1 Å². The molecule has 1 heterocycles. The second-order valence-electron chi connectivity index (χ2n) is 3.83. The smallest absolute Gasteiger partial charge is 0.412 e. The Morgan fingerprint density at radius 3 is 2.50 bits per heavy atom. The topological polar surface area (TPSA) is 86.2 Å². The van der Waals surface area contributed by atoms with E-state index in [-0.39, 0.29) is 17.2 Å². The molecule has 0 saturated heterocycles. The minimum Gasteiger partial charge on any atom is -0.450 e. The molecule has 7 heteroatoms. The highest BCUT2D eigenvalue weighted by Crippen LogP contribution is 2.30. The Morgan fingerprint density at radius 1 is 1.40 bits per heavy atom. The lowest BCUT2D eigenvalue weighted by molar-refractivity contribution is 0.158. The van der Waals surface area contributed by atoms with Gasteiger partial charge < -0.3 is 15.4 Å². The van der Waals surface area contributed by atoms with Crippen LogP contribution in [0, 0.1) is 11.3 Å². The third-order valence-corrected chi connectivity index (χ3v) is 2.83. The van der Waals surface area contributed by atoms with Crippen LogP contribution in [0.5, 0.6) is 0 Å². The fraction of sp³-hybridized carbons (Fsp3) is 0.154. The first-order valence-electron chi connectivity index (χ1n) is 5.91. The molecular weight excluding hydrogens is 276 g/mol. The molecule has 0 bridgehead atoms. The second-order valence-corrected chi connectivity index (χ2v) is 4.24. The minimum atomic E-state index is -0.679. The maximum atomic E-state index is 11.3. The Bertz CT molecular complexity index is 607. The lowest BCUT2D eigenvalue weighted by atomic mass is 10.3. The van der Waals surface area contributed by atoms with Crippen molar-refractivity contribution < 1.29 is 9.53 Å². The van der Waals surface area contributed by atoms with E-state index in [1.54, 1.807) is 6.92 Å². The summed E-state index contributed by atoms with van der Waals surface area (Å²) < 4.78 is 4.72. The number of para-hydroxylation sites is 2. The highest BCUT2D eigenvalue weighted by atomic mass is 32.1. The zero-order valence-electron chi connectivity index (χ0n) is 10.7. The van der Waals surface area contributed by atoms with Crippen LogP contribution in [0.15, 0.2) is 35.7 Å². The van der Waals surface area contributed by atoms with Crippen molar-refractivity contribution in [3.63, 3.8) is 0 Å². The van der Waals surface area contributed by atoms with Crippen molar-refractivity contribution in [3.05, 3.63) is 35.7 Å². The number of alkyl carbamates (subject to hydrolysis) is 1. The van der Waals surface area contributed by atoms with Crippen molar-refractivity contribution in [2.75, 3.05) is 17.2 Å². The van der Waals surface area contributed by atoms with Gasteiger partial charge in [0.15, 0.2) is 0 Å². The predicted molar refractivity (Wildman–Crippen MR) is 79.1 cm³/mol. The highest BCUT2D eigenvalue weighted by molar-refractivity contribution is 7.80. The molecule has 3 N–H and O–H groups in total. The average Bonchev–Trinajstić information content (AvgIpc) is 2.82. The van der Waals surface area contributed by atoms with Crippen LogP contribution in [0.25, 0.3) is 0 Å². The Morgan fingerprint density at radius 2 is 2.00 bits per heavy atom. The van der Waals surface area contributed by atoms with Gasteiger partial charge in [-0.25, -0.2) is 4.79 Å². The summed E-state index contributed by atoms with van der Waals surface area (Å²) in [7, 11) is 0. The number of hydrogen-bond acceptors (Lipinski definition) is 6. The summed E-state index contributed by atoms with van der Waals surface area (Å²) in [6.07, 6.45) is -0.679. The first-order valence-corrected chi connectivity index (χ1v) is 6.32. The van der Waals surface area contributed by atoms with Gasteiger partial charge in [-0.3, -0.25) is 5.32 Å². The second kappa shape index (κ2) is 6.04. The molecule has 0 radical (unpaired) electrons.